The van der Waals surface area contributed by atoms with Crippen molar-refractivity contribution in [3.8, 4) is 22.9 Å². The monoisotopic (exact) mass is 537 g/mol. The molecule has 0 aliphatic carbocycles. The van der Waals surface area contributed by atoms with Gasteiger partial charge in [0.05, 0.1) is 26.7 Å². The van der Waals surface area contributed by atoms with Gasteiger partial charge in [0.25, 0.3) is 0 Å². The van der Waals surface area contributed by atoms with E-state index in [0.29, 0.717) is 42.3 Å². The molecule has 0 saturated carbocycles. The average molecular weight is 537 g/mol. The molecule has 1 aromatic heterocycles. The summed E-state index contributed by atoms with van der Waals surface area (Å²) in [4.78, 5) is 8.85. The molecule has 0 fully saturated rings. The summed E-state index contributed by atoms with van der Waals surface area (Å²) in [6.07, 6.45) is 0.774. The molecular weight excluding hydrogens is 509 g/mol. The molecule has 9 heteroatoms. The van der Waals surface area contributed by atoms with E-state index in [2.05, 4.69) is 20.4 Å². The van der Waals surface area contributed by atoms with E-state index >= 15 is 0 Å². The molecule has 1 heterocycles. The fourth-order valence-corrected chi connectivity index (χ4v) is 2.88. The van der Waals surface area contributed by atoms with Gasteiger partial charge in [0, 0.05) is 12.1 Å². The minimum atomic E-state index is -0.0406. The Kier molecular flexibility index (Phi) is 9.57. The Morgan fingerprint density at radius 2 is 1.87 bits per heavy atom. The molecule has 0 saturated heterocycles. The van der Waals surface area contributed by atoms with Crippen LogP contribution in [-0.2, 0) is 6.42 Å². The molecular formula is C22H28IN5O3. The molecule has 0 aliphatic rings. The van der Waals surface area contributed by atoms with Crippen molar-refractivity contribution in [1.29, 1.82) is 0 Å². The van der Waals surface area contributed by atoms with Crippen LogP contribution in [0.1, 0.15) is 24.3 Å². The second-order valence-electron chi connectivity index (χ2n) is 6.82. The maximum absolute atomic E-state index is 5.99. The van der Waals surface area contributed by atoms with Crippen LogP contribution in [0, 0.1) is 0 Å². The number of aliphatic imine (C=N–C) groups is 1. The molecule has 31 heavy (non-hydrogen) atoms. The lowest BCUT2D eigenvalue weighted by Gasteiger charge is -2.10. The fraction of sp³-hybridized carbons (Fsp3) is 0.318. The lowest BCUT2D eigenvalue weighted by Crippen LogP contribution is -2.33. The SMILES string of the molecule is COc1ccc(CCNC(N)=NCC(C)c2nc(-c3ccccc3)no2)cc1OC.I. The highest BCUT2D eigenvalue weighted by Crippen LogP contribution is 2.27. The van der Waals surface area contributed by atoms with Crippen LogP contribution in [0.3, 0.4) is 0 Å². The first kappa shape index (κ1) is 24.4. The molecule has 0 spiro atoms. The number of nitrogens with zero attached hydrogens (tertiary/aromatic N) is 3. The van der Waals surface area contributed by atoms with Crippen molar-refractivity contribution in [3.63, 3.8) is 0 Å². The Balaban J connectivity index is 0.00000341. The molecule has 1 atom stereocenters. The summed E-state index contributed by atoms with van der Waals surface area (Å²) in [5.74, 6) is 2.87. The lowest BCUT2D eigenvalue weighted by molar-refractivity contribution is 0.354. The number of aromatic nitrogens is 2. The number of methoxy groups -OCH3 is 2. The first-order valence-electron chi connectivity index (χ1n) is 9.74. The van der Waals surface area contributed by atoms with Gasteiger partial charge in [-0.3, -0.25) is 4.99 Å². The first-order valence-corrected chi connectivity index (χ1v) is 9.74. The number of guanidine groups is 1. The molecule has 3 rings (SSSR count). The Hall–Kier alpha value is -2.82. The molecule has 1 unspecified atom stereocenters. The number of hydrogen-bond donors (Lipinski definition) is 2. The zero-order chi connectivity index (χ0) is 21.3. The maximum atomic E-state index is 5.99. The van der Waals surface area contributed by atoms with Crippen LogP contribution >= 0.6 is 24.0 Å². The molecule has 8 nitrogen and oxygen atoms in total. The Morgan fingerprint density at radius 1 is 1.13 bits per heavy atom. The van der Waals surface area contributed by atoms with Crippen LogP contribution in [0.15, 0.2) is 58.0 Å². The number of halogens is 1. The average Bonchev–Trinajstić information content (AvgIpc) is 3.28. The van der Waals surface area contributed by atoms with E-state index in [1.165, 1.54) is 0 Å². The number of ether oxygens (including phenoxy) is 2. The summed E-state index contributed by atoms with van der Waals surface area (Å²) < 4.78 is 16.0. The van der Waals surface area contributed by atoms with Crippen LogP contribution in [-0.4, -0.2) is 43.4 Å². The van der Waals surface area contributed by atoms with E-state index in [9.17, 15) is 0 Å². The summed E-state index contributed by atoms with van der Waals surface area (Å²) in [5.41, 5.74) is 8.02. The largest absolute Gasteiger partial charge is 0.493 e. The predicted molar refractivity (Wildman–Crippen MR) is 131 cm³/mol. The van der Waals surface area contributed by atoms with Gasteiger partial charge in [-0.25, -0.2) is 0 Å². The highest BCUT2D eigenvalue weighted by molar-refractivity contribution is 14.0. The quantitative estimate of drug-likeness (QED) is 0.244. The van der Waals surface area contributed by atoms with Gasteiger partial charge in [-0.1, -0.05) is 48.5 Å². The summed E-state index contributed by atoms with van der Waals surface area (Å²) in [6, 6.07) is 15.6. The summed E-state index contributed by atoms with van der Waals surface area (Å²) in [5, 5.41) is 7.17. The van der Waals surface area contributed by atoms with E-state index < -0.39 is 0 Å². The van der Waals surface area contributed by atoms with Crippen molar-refractivity contribution in [2.45, 2.75) is 19.3 Å². The standard InChI is InChI=1S/C22H27N5O3.HI/c1-15(21-26-20(27-30-21)17-7-5-4-6-8-17)14-25-22(23)24-12-11-16-9-10-18(28-2)19(13-16)29-3;/h4-10,13,15H,11-12,14H2,1-3H3,(H3,23,24,25);1H. The predicted octanol–water partition coefficient (Wildman–Crippen LogP) is 3.62. The fourth-order valence-electron chi connectivity index (χ4n) is 2.88. The van der Waals surface area contributed by atoms with Crippen molar-refractivity contribution in [2.75, 3.05) is 27.3 Å². The number of hydrogen-bond acceptors (Lipinski definition) is 6. The van der Waals surface area contributed by atoms with Gasteiger partial charge < -0.3 is 25.0 Å². The molecule has 166 valence electrons. The number of nitrogens with one attached hydrogen (secondary N) is 1. The van der Waals surface area contributed by atoms with Crippen LogP contribution in [0.4, 0.5) is 0 Å². The second-order valence-corrected chi connectivity index (χ2v) is 6.82. The summed E-state index contributed by atoms with van der Waals surface area (Å²) >= 11 is 0. The van der Waals surface area contributed by atoms with Crippen molar-refractivity contribution in [2.24, 2.45) is 10.7 Å². The molecule has 0 bridgehead atoms. The smallest absolute Gasteiger partial charge is 0.231 e. The summed E-state index contributed by atoms with van der Waals surface area (Å²) in [7, 11) is 3.24. The third kappa shape index (κ3) is 6.84. The van der Waals surface area contributed by atoms with E-state index in [-0.39, 0.29) is 29.9 Å². The van der Waals surface area contributed by atoms with Gasteiger partial charge >= 0.3 is 0 Å². The first-order chi connectivity index (χ1) is 14.6. The zero-order valence-electron chi connectivity index (χ0n) is 17.9. The highest BCUT2D eigenvalue weighted by atomic mass is 127. The number of nitrogens with two attached hydrogens (primary N) is 1. The van der Waals surface area contributed by atoms with Crippen molar-refractivity contribution >= 4 is 29.9 Å². The van der Waals surface area contributed by atoms with Crippen LogP contribution < -0.4 is 20.5 Å². The maximum Gasteiger partial charge on any atom is 0.231 e. The van der Waals surface area contributed by atoms with Crippen molar-refractivity contribution in [1.82, 2.24) is 15.5 Å². The van der Waals surface area contributed by atoms with Gasteiger partial charge in [-0.05, 0) is 24.1 Å². The van der Waals surface area contributed by atoms with Gasteiger partial charge in [-0.2, -0.15) is 4.98 Å². The summed E-state index contributed by atoms with van der Waals surface area (Å²) in [6.45, 7) is 3.08. The second kappa shape index (κ2) is 12.1. The van der Waals surface area contributed by atoms with Crippen LogP contribution in [0.2, 0.25) is 0 Å². The lowest BCUT2D eigenvalue weighted by atomic mass is 10.1. The van der Waals surface area contributed by atoms with Gasteiger partial charge in [0.1, 0.15) is 0 Å². The van der Waals surface area contributed by atoms with Gasteiger partial charge in [0.2, 0.25) is 11.7 Å². The highest BCUT2D eigenvalue weighted by Gasteiger charge is 2.15. The molecule has 2 aromatic carbocycles. The van der Waals surface area contributed by atoms with E-state index in [1.54, 1.807) is 14.2 Å². The van der Waals surface area contributed by atoms with E-state index in [1.807, 2.05) is 55.5 Å². The van der Waals surface area contributed by atoms with Crippen molar-refractivity contribution < 1.29 is 14.0 Å². The molecule has 3 aromatic rings. The molecule has 0 aliphatic heterocycles. The molecule has 0 radical (unpaired) electrons. The van der Waals surface area contributed by atoms with Gasteiger partial charge in [0.15, 0.2) is 17.5 Å². The van der Waals surface area contributed by atoms with Crippen molar-refractivity contribution in [3.05, 3.63) is 60.0 Å². The normalized spacial score (nSPS) is 12.0. The third-order valence-electron chi connectivity index (χ3n) is 4.60. The van der Waals surface area contributed by atoms with E-state index in [4.69, 9.17) is 19.7 Å². The number of rotatable bonds is 9. The topological polar surface area (TPSA) is 108 Å². The Labute approximate surface area is 199 Å². The third-order valence-corrected chi connectivity index (χ3v) is 4.60. The molecule has 3 N–H and O–H groups in total. The Bertz CT molecular complexity index is 978. The minimum Gasteiger partial charge on any atom is -0.493 e. The number of benzene rings is 2. The minimum absolute atomic E-state index is 0. The van der Waals surface area contributed by atoms with Crippen LogP contribution in [0.25, 0.3) is 11.4 Å². The van der Waals surface area contributed by atoms with Gasteiger partial charge in [-0.15, -0.1) is 24.0 Å². The van der Waals surface area contributed by atoms with E-state index in [0.717, 1.165) is 17.5 Å². The zero-order valence-corrected chi connectivity index (χ0v) is 20.2. The Morgan fingerprint density at radius 3 is 2.58 bits per heavy atom. The molecule has 0 amide bonds. The van der Waals surface area contributed by atoms with Crippen LogP contribution in [0.5, 0.6) is 11.5 Å².